The van der Waals surface area contributed by atoms with E-state index in [4.69, 9.17) is 25.5 Å². The molecule has 1 fully saturated rings. The Balaban J connectivity index is 1.26. The van der Waals surface area contributed by atoms with Gasteiger partial charge in [-0.3, -0.25) is 14.4 Å². The van der Waals surface area contributed by atoms with E-state index in [0.29, 0.717) is 33.1 Å². The van der Waals surface area contributed by atoms with Crippen LogP contribution in [-0.2, 0) is 22.7 Å². The summed E-state index contributed by atoms with van der Waals surface area (Å²) in [6.07, 6.45) is 3.74. The first kappa shape index (κ1) is 27.6. The van der Waals surface area contributed by atoms with Gasteiger partial charge in [0.15, 0.2) is 16.9 Å². The van der Waals surface area contributed by atoms with Crippen LogP contribution in [0.25, 0.3) is 11.0 Å². The van der Waals surface area contributed by atoms with Crippen molar-refractivity contribution in [3.8, 4) is 11.5 Å². The number of fused-ring (bicyclic) bond motifs is 2. The van der Waals surface area contributed by atoms with Gasteiger partial charge < -0.3 is 23.7 Å². The van der Waals surface area contributed by atoms with Crippen LogP contribution in [0.4, 0.5) is 0 Å². The topological polar surface area (TPSA) is 89.3 Å². The van der Waals surface area contributed by atoms with Gasteiger partial charge in [-0.1, -0.05) is 54.1 Å². The average molecular weight is 585 g/mol. The van der Waals surface area contributed by atoms with Crippen molar-refractivity contribution >= 4 is 34.4 Å². The summed E-state index contributed by atoms with van der Waals surface area (Å²) >= 11 is 6.14. The molecule has 42 heavy (non-hydrogen) atoms. The van der Waals surface area contributed by atoms with E-state index in [2.05, 4.69) is 6.58 Å². The summed E-state index contributed by atoms with van der Waals surface area (Å²) in [6, 6.07) is 20.2. The second kappa shape index (κ2) is 11.7. The van der Waals surface area contributed by atoms with Gasteiger partial charge in [0.2, 0.25) is 18.6 Å². The Kier molecular flexibility index (Phi) is 7.71. The Morgan fingerprint density at radius 1 is 0.976 bits per heavy atom. The fourth-order valence-corrected chi connectivity index (χ4v) is 5.54. The van der Waals surface area contributed by atoms with Gasteiger partial charge in [-0.25, -0.2) is 0 Å². The van der Waals surface area contributed by atoms with Crippen LogP contribution in [0.5, 0.6) is 11.5 Å². The van der Waals surface area contributed by atoms with Crippen LogP contribution < -0.4 is 14.9 Å². The lowest BCUT2D eigenvalue weighted by atomic mass is 10.1. The Hall–Kier alpha value is -4.56. The minimum atomic E-state index is -0.314. The fraction of sp³-hybridized carbons (Fsp3) is 0.242. The number of halogens is 1. The Labute approximate surface area is 247 Å². The van der Waals surface area contributed by atoms with Crippen molar-refractivity contribution < 1.29 is 23.5 Å². The third-order valence-corrected chi connectivity index (χ3v) is 7.89. The summed E-state index contributed by atoms with van der Waals surface area (Å²) in [4.78, 5) is 43.9. The molecular weight excluding hydrogens is 556 g/mol. The van der Waals surface area contributed by atoms with E-state index >= 15 is 0 Å². The second-order valence-corrected chi connectivity index (χ2v) is 11.0. The maximum absolute atomic E-state index is 13.9. The molecule has 2 amide bonds. The lowest BCUT2D eigenvalue weighted by Gasteiger charge is -2.27. The fourth-order valence-electron chi connectivity index (χ4n) is 5.37. The van der Waals surface area contributed by atoms with Crippen molar-refractivity contribution in [3.63, 3.8) is 0 Å². The van der Waals surface area contributed by atoms with Crippen molar-refractivity contribution in [1.82, 2.24) is 9.80 Å². The molecule has 0 spiro atoms. The number of carbonyl (C=O) groups is 2. The van der Waals surface area contributed by atoms with Crippen LogP contribution in [-0.4, -0.2) is 41.5 Å². The SMILES string of the molecule is C=CCN(CC(=O)N(Cc1ccc2c(c1)OCO2)Cc1coc2ccc(Cl)cc2c1=O)C(=O)C1CC1c1ccccc1. The van der Waals surface area contributed by atoms with E-state index in [9.17, 15) is 14.4 Å². The largest absolute Gasteiger partial charge is 0.464 e. The number of rotatable bonds is 10. The van der Waals surface area contributed by atoms with E-state index in [1.807, 2.05) is 42.5 Å². The normalized spacial score (nSPS) is 16.7. The van der Waals surface area contributed by atoms with Crippen LogP contribution in [0.15, 0.2) is 94.9 Å². The molecule has 2 unspecified atom stereocenters. The molecular formula is C33H29ClN2O6. The third-order valence-electron chi connectivity index (χ3n) is 7.65. The zero-order chi connectivity index (χ0) is 29.2. The summed E-state index contributed by atoms with van der Waals surface area (Å²) < 4.78 is 16.7. The van der Waals surface area contributed by atoms with Gasteiger partial charge in [0.1, 0.15) is 12.1 Å². The van der Waals surface area contributed by atoms with Gasteiger partial charge >= 0.3 is 0 Å². The monoisotopic (exact) mass is 584 g/mol. The summed E-state index contributed by atoms with van der Waals surface area (Å²) in [5, 5.41) is 0.743. The lowest BCUT2D eigenvalue weighted by Crippen LogP contribution is -2.43. The van der Waals surface area contributed by atoms with E-state index in [1.54, 1.807) is 35.2 Å². The number of hydrogen-bond acceptors (Lipinski definition) is 6. The number of nitrogens with zero attached hydrogens (tertiary/aromatic N) is 2. The molecule has 1 aliphatic carbocycles. The second-order valence-electron chi connectivity index (χ2n) is 10.5. The molecule has 6 rings (SSSR count). The highest BCUT2D eigenvalue weighted by Gasteiger charge is 2.45. The molecule has 1 aliphatic heterocycles. The molecule has 0 saturated heterocycles. The van der Waals surface area contributed by atoms with E-state index in [-0.39, 0.29) is 62.1 Å². The van der Waals surface area contributed by atoms with Crippen LogP contribution in [0.1, 0.15) is 29.0 Å². The molecule has 2 heterocycles. The zero-order valence-corrected chi connectivity index (χ0v) is 23.6. The molecule has 2 aliphatic rings. The molecule has 1 aromatic heterocycles. The first-order valence-corrected chi connectivity index (χ1v) is 14.1. The van der Waals surface area contributed by atoms with Crippen molar-refractivity contribution in [2.45, 2.75) is 25.4 Å². The molecule has 0 bridgehead atoms. The molecule has 3 aromatic carbocycles. The van der Waals surface area contributed by atoms with Crippen LogP contribution in [0.2, 0.25) is 5.02 Å². The highest BCUT2D eigenvalue weighted by atomic mass is 35.5. The smallest absolute Gasteiger partial charge is 0.242 e. The summed E-state index contributed by atoms with van der Waals surface area (Å²) in [5.41, 5.74) is 2.33. The molecule has 1 saturated carbocycles. The van der Waals surface area contributed by atoms with E-state index in [1.165, 1.54) is 11.2 Å². The predicted octanol–water partition coefficient (Wildman–Crippen LogP) is 5.52. The number of hydrogen-bond donors (Lipinski definition) is 0. The highest BCUT2D eigenvalue weighted by molar-refractivity contribution is 6.31. The van der Waals surface area contributed by atoms with Gasteiger partial charge in [-0.15, -0.1) is 6.58 Å². The Morgan fingerprint density at radius 3 is 2.60 bits per heavy atom. The van der Waals surface area contributed by atoms with Crippen LogP contribution >= 0.6 is 11.6 Å². The summed E-state index contributed by atoms with van der Waals surface area (Å²) in [7, 11) is 0. The number of carbonyl (C=O) groups excluding carboxylic acids is 2. The molecule has 4 aromatic rings. The van der Waals surface area contributed by atoms with Gasteiger partial charge in [0.25, 0.3) is 0 Å². The van der Waals surface area contributed by atoms with Gasteiger partial charge in [0.05, 0.1) is 23.8 Å². The lowest BCUT2D eigenvalue weighted by molar-refractivity contribution is -0.141. The van der Waals surface area contributed by atoms with Crippen molar-refractivity contribution in [3.05, 3.63) is 118 Å². The molecule has 8 nitrogen and oxygen atoms in total. The first-order valence-electron chi connectivity index (χ1n) is 13.7. The van der Waals surface area contributed by atoms with E-state index < -0.39 is 0 Å². The zero-order valence-electron chi connectivity index (χ0n) is 22.8. The first-order chi connectivity index (χ1) is 20.4. The van der Waals surface area contributed by atoms with Crippen LogP contribution in [0.3, 0.4) is 0 Å². The van der Waals surface area contributed by atoms with Crippen molar-refractivity contribution in [1.29, 1.82) is 0 Å². The molecule has 214 valence electrons. The van der Waals surface area contributed by atoms with E-state index in [0.717, 1.165) is 17.5 Å². The average Bonchev–Trinajstić information content (AvgIpc) is 3.67. The van der Waals surface area contributed by atoms with Gasteiger partial charge in [0, 0.05) is 24.0 Å². The van der Waals surface area contributed by atoms with Crippen molar-refractivity contribution in [2.75, 3.05) is 19.9 Å². The molecule has 2 atom stereocenters. The van der Waals surface area contributed by atoms with Gasteiger partial charge in [-0.05, 0) is 53.8 Å². The third kappa shape index (κ3) is 5.76. The maximum Gasteiger partial charge on any atom is 0.242 e. The number of amides is 2. The highest BCUT2D eigenvalue weighted by Crippen LogP contribution is 2.48. The Morgan fingerprint density at radius 2 is 1.79 bits per heavy atom. The minimum absolute atomic E-state index is 0.0236. The number of ether oxygens (including phenoxy) is 2. The van der Waals surface area contributed by atoms with Gasteiger partial charge in [-0.2, -0.15) is 0 Å². The Bertz CT molecular complexity index is 1720. The van der Waals surface area contributed by atoms with Crippen LogP contribution in [0, 0.1) is 5.92 Å². The quantitative estimate of drug-likeness (QED) is 0.228. The molecule has 9 heteroatoms. The molecule has 0 N–H and O–H groups in total. The minimum Gasteiger partial charge on any atom is -0.464 e. The molecule has 0 radical (unpaired) electrons. The summed E-state index contributed by atoms with van der Waals surface area (Å²) in [5.74, 6) is 0.776. The maximum atomic E-state index is 13.9. The predicted molar refractivity (Wildman–Crippen MR) is 158 cm³/mol. The standard InChI is InChI=1S/C33H29ClN2O6/c1-2-12-35(33(39)26-15-25(26)22-6-4-3-5-7-22)18-31(37)36(16-21-8-10-29-30(13-21)42-20-41-29)17-23-19-40-28-11-9-24(34)14-27(28)32(23)38/h2-11,13-14,19,25-26H,1,12,15-18,20H2. The summed E-state index contributed by atoms with van der Waals surface area (Å²) in [6.45, 7) is 4.16. The van der Waals surface area contributed by atoms with Crippen molar-refractivity contribution in [2.24, 2.45) is 5.92 Å². The number of benzene rings is 3.